The van der Waals surface area contributed by atoms with Crippen LogP contribution in [-0.4, -0.2) is 68.9 Å². The van der Waals surface area contributed by atoms with Crippen molar-refractivity contribution in [3.05, 3.63) is 5.69 Å². The summed E-state index contributed by atoms with van der Waals surface area (Å²) in [5.74, 6) is 0.592. The second kappa shape index (κ2) is 5.31. The molecule has 0 saturated carbocycles. The van der Waals surface area contributed by atoms with E-state index >= 15 is 0 Å². The van der Waals surface area contributed by atoms with Crippen molar-refractivity contribution < 1.29 is 0 Å². The van der Waals surface area contributed by atoms with Gasteiger partial charge in [-0.2, -0.15) is 5.10 Å². The summed E-state index contributed by atoms with van der Waals surface area (Å²) >= 11 is 0. The van der Waals surface area contributed by atoms with Crippen LogP contribution in [-0.2, 0) is 13.1 Å². The van der Waals surface area contributed by atoms with E-state index in [1.54, 1.807) is 0 Å². The average molecular weight is 291 g/mol. The molecule has 7 nitrogen and oxygen atoms in total. The number of likely N-dealkylation sites (N-methyl/N-ethyl adjacent to an activating group) is 2. The third-order valence-corrected chi connectivity index (χ3v) is 4.50. The standard InChI is InChI=1S/C14H25N7/c1-5-21-13-12(10(2)17-21)16-14(15)20(13)9-11-8-18(3)6-7-19(11)4/h11H,5-9H2,1-4H3,(H2,15,16). The van der Waals surface area contributed by atoms with E-state index in [0.717, 1.165) is 49.6 Å². The van der Waals surface area contributed by atoms with Gasteiger partial charge in [0.25, 0.3) is 0 Å². The first-order chi connectivity index (χ1) is 10.0. The molecule has 1 aliphatic rings. The van der Waals surface area contributed by atoms with Gasteiger partial charge in [-0.05, 0) is 27.9 Å². The van der Waals surface area contributed by atoms with Gasteiger partial charge in [0.15, 0.2) is 5.65 Å². The number of nitrogen functional groups attached to an aromatic ring is 1. The highest BCUT2D eigenvalue weighted by Crippen LogP contribution is 2.22. The van der Waals surface area contributed by atoms with Crippen LogP contribution in [0.1, 0.15) is 12.6 Å². The molecule has 1 aliphatic heterocycles. The maximum atomic E-state index is 6.17. The third-order valence-electron chi connectivity index (χ3n) is 4.50. The van der Waals surface area contributed by atoms with Gasteiger partial charge < -0.3 is 10.6 Å². The normalized spacial score (nSPS) is 21.4. The molecular formula is C14H25N7. The van der Waals surface area contributed by atoms with Gasteiger partial charge in [0.05, 0.1) is 5.69 Å². The zero-order valence-corrected chi connectivity index (χ0v) is 13.4. The van der Waals surface area contributed by atoms with Crippen LogP contribution in [0.3, 0.4) is 0 Å². The third kappa shape index (κ3) is 2.40. The van der Waals surface area contributed by atoms with E-state index in [2.05, 4.69) is 45.5 Å². The molecule has 3 heterocycles. The Balaban J connectivity index is 1.98. The monoisotopic (exact) mass is 291 g/mol. The van der Waals surface area contributed by atoms with Gasteiger partial charge in [-0.3, -0.25) is 9.47 Å². The SMILES string of the molecule is CCn1nc(C)c2nc(N)n(CC3CN(C)CCN3C)c21. The zero-order chi connectivity index (χ0) is 15.1. The molecule has 1 saturated heterocycles. The van der Waals surface area contributed by atoms with E-state index in [0.29, 0.717) is 12.0 Å². The lowest BCUT2D eigenvalue weighted by molar-refractivity contribution is 0.104. The quantitative estimate of drug-likeness (QED) is 0.886. The Hall–Kier alpha value is -1.60. The maximum Gasteiger partial charge on any atom is 0.202 e. The van der Waals surface area contributed by atoms with Crippen LogP contribution in [0.4, 0.5) is 5.95 Å². The first-order valence-electron chi connectivity index (χ1n) is 7.59. The van der Waals surface area contributed by atoms with Crippen LogP contribution in [0.5, 0.6) is 0 Å². The van der Waals surface area contributed by atoms with Crippen LogP contribution in [0.2, 0.25) is 0 Å². The number of aryl methyl sites for hydroxylation is 2. The summed E-state index contributed by atoms with van der Waals surface area (Å²) in [6.07, 6.45) is 0. The van der Waals surface area contributed by atoms with Gasteiger partial charge in [0.1, 0.15) is 5.52 Å². The number of hydrogen-bond acceptors (Lipinski definition) is 5. The van der Waals surface area contributed by atoms with Crippen LogP contribution in [0, 0.1) is 6.92 Å². The zero-order valence-electron chi connectivity index (χ0n) is 13.4. The largest absolute Gasteiger partial charge is 0.369 e. The molecule has 7 heteroatoms. The van der Waals surface area contributed by atoms with E-state index in [1.807, 2.05) is 11.6 Å². The lowest BCUT2D eigenvalue weighted by Crippen LogP contribution is -2.51. The van der Waals surface area contributed by atoms with Gasteiger partial charge in [0.2, 0.25) is 5.95 Å². The molecule has 116 valence electrons. The number of nitrogens with zero attached hydrogens (tertiary/aromatic N) is 6. The summed E-state index contributed by atoms with van der Waals surface area (Å²) in [4.78, 5) is 9.30. The summed E-state index contributed by atoms with van der Waals surface area (Å²) in [6.45, 7) is 9.03. The van der Waals surface area contributed by atoms with E-state index in [1.165, 1.54) is 0 Å². The number of fused-ring (bicyclic) bond motifs is 1. The summed E-state index contributed by atoms with van der Waals surface area (Å²) in [7, 11) is 4.36. The van der Waals surface area contributed by atoms with Gasteiger partial charge >= 0.3 is 0 Å². The molecule has 2 aromatic heterocycles. The second-order valence-electron chi connectivity index (χ2n) is 6.05. The lowest BCUT2D eigenvalue weighted by atomic mass is 10.2. The molecule has 3 rings (SSSR count). The van der Waals surface area contributed by atoms with Gasteiger partial charge in [-0.15, -0.1) is 0 Å². The molecule has 1 fully saturated rings. The van der Waals surface area contributed by atoms with Crippen molar-refractivity contribution in [3.8, 4) is 0 Å². The first kappa shape index (κ1) is 14.3. The topological polar surface area (TPSA) is 68.1 Å². The number of aromatic nitrogens is 4. The number of imidazole rings is 1. The Kier molecular flexibility index (Phi) is 3.62. The van der Waals surface area contributed by atoms with Crippen molar-refractivity contribution in [1.29, 1.82) is 0 Å². The van der Waals surface area contributed by atoms with E-state index in [4.69, 9.17) is 5.73 Å². The number of rotatable bonds is 3. The van der Waals surface area contributed by atoms with Crippen LogP contribution in [0.15, 0.2) is 0 Å². The molecule has 0 spiro atoms. The smallest absolute Gasteiger partial charge is 0.202 e. The Morgan fingerprint density at radius 2 is 2.05 bits per heavy atom. The number of piperazine rings is 1. The van der Waals surface area contributed by atoms with Gasteiger partial charge in [-0.1, -0.05) is 0 Å². The van der Waals surface area contributed by atoms with Gasteiger partial charge in [-0.25, -0.2) is 9.67 Å². The number of nitrogens with two attached hydrogens (primary N) is 1. The van der Waals surface area contributed by atoms with Crippen LogP contribution < -0.4 is 5.73 Å². The predicted octanol–water partition coefficient (Wildman–Crippen LogP) is 0.389. The average Bonchev–Trinajstić information content (AvgIpc) is 2.93. The first-order valence-corrected chi connectivity index (χ1v) is 7.59. The molecule has 1 atom stereocenters. The summed E-state index contributed by atoms with van der Waals surface area (Å²) < 4.78 is 4.12. The second-order valence-corrected chi connectivity index (χ2v) is 6.05. The molecule has 21 heavy (non-hydrogen) atoms. The summed E-state index contributed by atoms with van der Waals surface area (Å²) in [5, 5.41) is 4.55. The fraction of sp³-hybridized carbons (Fsp3) is 0.714. The Morgan fingerprint density at radius 3 is 2.76 bits per heavy atom. The van der Waals surface area contributed by atoms with Gasteiger partial charge in [0, 0.05) is 38.8 Å². The molecule has 0 aromatic carbocycles. The highest BCUT2D eigenvalue weighted by molar-refractivity contribution is 5.77. The molecule has 0 aliphatic carbocycles. The Morgan fingerprint density at radius 1 is 1.29 bits per heavy atom. The molecule has 0 radical (unpaired) electrons. The Labute approximate surface area is 125 Å². The molecule has 0 bridgehead atoms. The highest BCUT2D eigenvalue weighted by Gasteiger charge is 2.25. The fourth-order valence-electron chi connectivity index (χ4n) is 3.15. The summed E-state index contributed by atoms with van der Waals surface area (Å²) in [5.41, 5.74) is 9.10. The molecule has 2 N–H and O–H groups in total. The van der Waals surface area contributed by atoms with Crippen molar-refractivity contribution in [1.82, 2.24) is 29.1 Å². The van der Waals surface area contributed by atoms with Crippen LogP contribution >= 0.6 is 0 Å². The highest BCUT2D eigenvalue weighted by atomic mass is 15.4. The van der Waals surface area contributed by atoms with Crippen molar-refractivity contribution in [3.63, 3.8) is 0 Å². The van der Waals surface area contributed by atoms with Crippen molar-refractivity contribution in [2.45, 2.75) is 33.0 Å². The molecule has 2 aromatic rings. The fourth-order valence-corrected chi connectivity index (χ4v) is 3.15. The summed E-state index contributed by atoms with van der Waals surface area (Å²) in [6, 6.07) is 0.448. The lowest BCUT2D eigenvalue weighted by Gasteiger charge is -2.38. The van der Waals surface area contributed by atoms with Crippen molar-refractivity contribution in [2.75, 3.05) is 39.5 Å². The molecular weight excluding hydrogens is 266 g/mol. The van der Waals surface area contributed by atoms with E-state index in [-0.39, 0.29) is 0 Å². The van der Waals surface area contributed by atoms with Crippen molar-refractivity contribution >= 4 is 17.1 Å². The van der Waals surface area contributed by atoms with Crippen LogP contribution in [0.25, 0.3) is 11.2 Å². The molecule has 1 unspecified atom stereocenters. The van der Waals surface area contributed by atoms with E-state index in [9.17, 15) is 0 Å². The Bertz CT molecular complexity index is 641. The minimum absolute atomic E-state index is 0.448. The molecule has 0 amide bonds. The minimum atomic E-state index is 0.448. The van der Waals surface area contributed by atoms with E-state index < -0.39 is 0 Å². The van der Waals surface area contributed by atoms with Crippen molar-refractivity contribution in [2.24, 2.45) is 0 Å². The number of hydrogen-bond donors (Lipinski definition) is 1. The maximum absolute atomic E-state index is 6.17. The minimum Gasteiger partial charge on any atom is -0.369 e. The predicted molar refractivity (Wildman–Crippen MR) is 84.3 cm³/mol. The number of anilines is 1.